The highest BCUT2D eigenvalue weighted by molar-refractivity contribution is 4.95. The second kappa shape index (κ2) is 4.01. The second-order valence-corrected chi connectivity index (χ2v) is 4.27. The maximum atomic E-state index is 10.3. The number of rotatable bonds is 4. The van der Waals surface area contributed by atoms with Gasteiger partial charge in [0.25, 0.3) is 0 Å². The standard InChI is InChI=1S/C11H20O3/c1-5-7-11(12,6-2)9-8-13-10(3,4)14-9/h5,9,12H,1,6-8H2,2-4H3/t9-,11-/m1/s1. The van der Waals surface area contributed by atoms with Gasteiger partial charge in [0.1, 0.15) is 6.10 Å². The number of hydrogen-bond acceptors (Lipinski definition) is 3. The van der Waals surface area contributed by atoms with Gasteiger partial charge in [-0.15, -0.1) is 6.58 Å². The first-order valence-corrected chi connectivity index (χ1v) is 5.08. The van der Waals surface area contributed by atoms with Crippen LogP contribution in [0.25, 0.3) is 0 Å². The SMILES string of the molecule is C=CC[C@](O)(CC)[C@H]1COC(C)(C)O1. The van der Waals surface area contributed by atoms with Gasteiger partial charge in [-0.05, 0) is 26.7 Å². The summed E-state index contributed by atoms with van der Waals surface area (Å²) in [5.41, 5.74) is -0.838. The topological polar surface area (TPSA) is 38.7 Å². The van der Waals surface area contributed by atoms with Crippen LogP contribution >= 0.6 is 0 Å². The fraction of sp³-hybridized carbons (Fsp3) is 0.818. The summed E-state index contributed by atoms with van der Waals surface area (Å²) in [6, 6.07) is 0. The van der Waals surface area contributed by atoms with Gasteiger partial charge in [-0.25, -0.2) is 0 Å². The van der Waals surface area contributed by atoms with Crippen molar-refractivity contribution in [3.8, 4) is 0 Å². The molecular formula is C11H20O3. The summed E-state index contributed by atoms with van der Waals surface area (Å²) in [6.07, 6.45) is 2.65. The van der Waals surface area contributed by atoms with Gasteiger partial charge in [0.2, 0.25) is 0 Å². The monoisotopic (exact) mass is 200 g/mol. The molecule has 1 rings (SSSR count). The molecule has 0 unspecified atom stereocenters. The largest absolute Gasteiger partial charge is 0.387 e. The smallest absolute Gasteiger partial charge is 0.163 e. The highest BCUT2D eigenvalue weighted by Gasteiger charge is 2.44. The van der Waals surface area contributed by atoms with Crippen LogP contribution in [0.5, 0.6) is 0 Å². The molecule has 2 atom stereocenters. The first kappa shape index (κ1) is 11.7. The maximum absolute atomic E-state index is 10.3. The Labute approximate surface area is 85.7 Å². The Morgan fingerprint density at radius 1 is 1.64 bits per heavy atom. The molecular weight excluding hydrogens is 180 g/mol. The molecule has 0 aromatic rings. The lowest BCUT2D eigenvalue weighted by atomic mass is 9.90. The van der Waals surface area contributed by atoms with Gasteiger partial charge in [-0.2, -0.15) is 0 Å². The third-order valence-electron chi connectivity index (χ3n) is 2.72. The Hall–Kier alpha value is -0.380. The van der Waals surface area contributed by atoms with Gasteiger partial charge in [-0.3, -0.25) is 0 Å². The average Bonchev–Trinajstić information content (AvgIpc) is 2.47. The average molecular weight is 200 g/mol. The molecule has 1 aliphatic heterocycles. The van der Waals surface area contributed by atoms with Crippen LogP contribution < -0.4 is 0 Å². The Bertz CT molecular complexity index is 213. The van der Waals surface area contributed by atoms with Crippen molar-refractivity contribution in [2.45, 2.75) is 51.1 Å². The summed E-state index contributed by atoms with van der Waals surface area (Å²) in [5.74, 6) is -0.574. The first-order valence-electron chi connectivity index (χ1n) is 5.08. The van der Waals surface area contributed by atoms with Crippen molar-refractivity contribution in [1.82, 2.24) is 0 Å². The van der Waals surface area contributed by atoms with Crippen LogP contribution in [0.1, 0.15) is 33.6 Å². The van der Waals surface area contributed by atoms with E-state index in [1.165, 1.54) is 0 Å². The zero-order valence-electron chi connectivity index (χ0n) is 9.25. The molecule has 0 spiro atoms. The summed E-state index contributed by atoms with van der Waals surface area (Å²) in [7, 11) is 0. The van der Waals surface area contributed by atoms with Crippen LogP contribution in [0.2, 0.25) is 0 Å². The van der Waals surface area contributed by atoms with Crippen molar-refractivity contribution in [2.75, 3.05) is 6.61 Å². The van der Waals surface area contributed by atoms with E-state index >= 15 is 0 Å². The third-order valence-corrected chi connectivity index (χ3v) is 2.72. The molecule has 3 heteroatoms. The Morgan fingerprint density at radius 2 is 2.29 bits per heavy atom. The molecule has 82 valence electrons. The Morgan fingerprint density at radius 3 is 2.64 bits per heavy atom. The van der Waals surface area contributed by atoms with Crippen molar-refractivity contribution in [2.24, 2.45) is 0 Å². The maximum Gasteiger partial charge on any atom is 0.163 e. The van der Waals surface area contributed by atoms with Crippen molar-refractivity contribution < 1.29 is 14.6 Å². The highest BCUT2D eigenvalue weighted by Crippen LogP contribution is 2.32. The van der Waals surface area contributed by atoms with Crippen molar-refractivity contribution in [3.05, 3.63) is 12.7 Å². The molecule has 1 heterocycles. The summed E-state index contributed by atoms with van der Waals surface area (Å²) in [5, 5.41) is 10.3. The summed E-state index contributed by atoms with van der Waals surface area (Å²) < 4.78 is 11.1. The van der Waals surface area contributed by atoms with Crippen molar-refractivity contribution in [3.63, 3.8) is 0 Å². The van der Waals surface area contributed by atoms with Gasteiger partial charge in [0.15, 0.2) is 5.79 Å². The lowest BCUT2D eigenvalue weighted by molar-refractivity contribution is -0.170. The minimum Gasteiger partial charge on any atom is -0.387 e. The molecule has 1 fully saturated rings. The fourth-order valence-electron chi connectivity index (χ4n) is 1.71. The normalized spacial score (nSPS) is 29.9. The molecule has 1 saturated heterocycles. The molecule has 1 aliphatic rings. The zero-order chi connectivity index (χ0) is 10.8. The van der Waals surface area contributed by atoms with E-state index < -0.39 is 11.4 Å². The molecule has 14 heavy (non-hydrogen) atoms. The fourth-order valence-corrected chi connectivity index (χ4v) is 1.71. The lowest BCUT2D eigenvalue weighted by Crippen LogP contribution is -2.43. The van der Waals surface area contributed by atoms with Crippen LogP contribution in [0, 0.1) is 0 Å². The second-order valence-electron chi connectivity index (χ2n) is 4.27. The first-order chi connectivity index (χ1) is 6.43. The van der Waals surface area contributed by atoms with Gasteiger partial charge in [-0.1, -0.05) is 13.0 Å². The summed E-state index contributed by atoms with van der Waals surface area (Å²) in [4.78, 5) is 0. The van der Waals surface area contributed by atoms with Crippen LogP contribution in [-0.2, 0) is 9.47 Å². The molecule has 0 aromatic heterocycles. The molecule has 0 aliphatic carbocycles. The predicted molar refractivity (Wildman–Crippen MR) is 55.0 cm³/mol. The van der Waals surface area contributed by atoms with Gasteiger partial charge in [0.05, 0.1) is 12.2 Å². The van der Waals surface area contributed by atoms with E-state index in [0.717, 1.165) is 0 Å². The molecule has 0 aromatic carbocycles. The predicted octanol–water partition coefficient (Wildman–Crippen LogP) is 1.86. The molecule has 0 bridgehead atoms. The molecule has 3 nitrogen and oxygen atoms in total. The van der Waals surface area contributed by atoms with Crippen LogP contribution in [0.3, 0.4) is 0 Å². The van der Waals surface area contributed by atoms with Crippen molar-refractivity contribution >= 4 is 0 Å². The van der Waals surface area contributed by atoms with Crippen LogP contribution in [0.15, 0.2) is 12.7 Å². The molecule has 0 amide bonds. The third kappa shape index (κ3) is 2.35. The highest BCUT2D eigenvalue weighted by atomic mass is 16.7. The Kier molecular flexibility index (Phi) is 3.35. The zero-order valence-corrected chi connectivity index (χ0v) is 9.25. The number of hydrogen-bond donors (Lipinski definition) is 1. The van der Waals surface area contributed by atoms with E-state index in [1.807, 2.05) is 20.8 Å². The number of aliphatic hydroxyl groups is 1. The minimum absolute atomic E-state index is 0.250. The quantitative estimate of drug-likeness (QED) is 0.704. The minimum atomic E-state index is -0.838. The Balaban J connectivity index is 2.67. The summed E-state index contributed by atoms with van der Waals surface area (Å²) in [6.45, 7) is 9.75. The molecule has 1 N–H and O–H groups in total. The van der Waals surface area contributed by atoms with Crippen molar-refractivity contribution in [1.29, 1.82) is 0 Å². The van der Waals surface area contributed by atoms with Crippen LogP contribution in [0.4, 0.5) is 0 Å². The number of ether oxygens (including phenoxy) is 2. The van der Waals surface area contributed by atoms with Gasteiger partial charge < -0.3 is 14.6 Å². The van der Waals surface area contributed by atoms with E-state index in [1.54, 1.807) is 6.08 Å². The van der Waals surface area contributed by atoms with E-state index in [2.05, 4.69) is 6.58 Å². The van der Waals surface area contributed by atoms with E-state index in [-0.39, 0.29) is 6.10 Å². The van der Waals surface area contributed by atoms with Gasteiger partial charge in [0, 0.05) is 0 Å². The summed E-state index contributed by atoms with van der Waals surface area (Å²) >= 11 is 0. The van der Waals surface area contributed by atoms with E-state index in [0.29, 0.717) is 19.4 Å². The van der Waals surface area contributed by atoms with E-state index in [9.17, 15) is 5.11 Å². The van der Waals surface area contributed by atoms with E-state index in [4.69, 9.17) is 9.47 Å². The lowest BCUT2D eigenvalue weighted by Gasteiger charge is -2.31. The van der Waals surface area contributed by atoms with Crippen LogP contribution in [-0.4, -0.2) is 29.2 Å². The van der Waals surface area contributed by atoms with Gasteiger partial charge >= 0.3 is 0 Å². The molecule has 0 saturated carbocycles. The molecule has 0 radical (unpaired) electrons.